The number of nitrogens with one attached hydrogen (secondary N) is 2. The molecule has 4 aliphatic carbocycles. The quantitative estimate of drug-likeness (QED) is 0.539. The number of carbonyl (C=O) groups is 1. The SMILES string of the molecule is C[C@@H]1CNC[C@H](C)N1CCn1ncc(C(=O)NC2C3CC4CCCC2C(C4)C3)c1OCC1CCCCC1. The molecule has 5 fully saturated rings. The maximum Gasteiger partial charge on any atom is 0.258 e. The van der Waals surface area contributed by atoms with Crippen LogP contribution in [0.15, 0.2) is 6.20 Å². The van der Waals surface area contributed by atoms with E-state index in [9.17, 15) is 4.79 Å². The lowest BCUT2D eigenvalue weighted by molar-refractivity contribution is 0.0898. The molecule has 4 saturated carbocycles. The first-order valence-corrected chi connectivity index (χ1v) is 15.5. The minimum absolute atomic E-state index is 0.0356. The van der Waals surface area contributed by atoms with E-state index in [2.05, 4.69) is 29.4 Å². The van der Waals surface area contributed by atoms with E-state index in [0.717, 1.165) is 38.0 Å². The first-order valence-electron chi connectivity index (χ1n) is 15.5. The Hall–Kier alpha value is -1.60. The second kappa shape index (κ2) is 11.3. The number of piperazine rings is 1. The number of hydrogen-bond donors (Lipinski definition) is 2. The molecule has 1 aromatic rings. The Bertz CT molecular complexity index is 917. The zero-order valence-electron chi connectivity index (χ0n) is 23.2. The standard InChI is InChI=1S/C30H49N5O2/c1-20-16-31-17-21(2)34(20)11-12-35-30(37-19-22-7-4-3-5-8-22)27(18-32-35)29(36)33-28-25-14-23-9-6-10-26(28)24(13-23)15-25/h18,20-26,28,31H,3-17,19H2,1-2H3,(H,33,36)/t20-,21+,23?,24?,25?,26?,28?. The van der Waals surface area contributed by atoms with Gasteiger partial charge in [0.05, 0.1) is 19.3 Å². The zero-order chi connectivity index (χ0) is 25.4. The number of hydrogen-bond acceptors (Lipinski definition) is 5. The molecular formula is C30H49N5O2. The summed E-state index contributed by atoms with van der Waals surface area (Å²) in [7, 11) is 0. The van der Waals surface area contributed by atoms with E-state index < -0.39 is 0 Å². The molecule has 2 heterocycles. The molecule has 2 N–H and O–H groups in total. The van der Waals surface area contributed by atoms with Crippen LogP contribution in [0.25, 0.3) is 0 Å². The van der Waals surface area contributed by atoms with Crippen LogP contribution in [0.3, 0.4) is 0 Å². The summed E-state index contributed by atoms with van der Waals surface area (Å²) in [5.74, 6) is 4.37. The highest BCUT2D eigenvalue weighted by Crippen LogP contribution is 2.53. The molecule has 206 valence electrons. The van der Waals surface area contributed by atoms with E-state index in [1.165, 1.54) is 70.6 Å². The van der Waals surface area contributed by atoms with Gasteiger partial charge in [0.25, 0.3) is 5.91 Å². The number of ether oxygens (including phenoxy) is 1. The lowest BCUT2D eigenvalue weighted by Crippen LogP contribution is -2.55. The normalized spacial score (nSPS) is 36.4. The number of aromatic nitrogens is 2. The van der Waals surface area contributed by atoms with Crippen molar-refractivity contribution in [2.24, 2.45) is 29.6 Å². The van der Waals surface area contributed by atoms with Gasteiger partial charge in [-0.2, -0.15) is 5.10 Å². The summed E-state index contributed by atoms with van der Waals surface area (Å²) in [5.41, 5.74) is 0.644. The summed E-state index contributed by atoms with van der Waals surface area (Å²) in [6.07, 6.45) is 16.2. The van der Waals surface area contributed by atoms with Gasteiger partial charge < -0.3 is 15.4 Å². The molecule has 3 bridgehead atoms. The number of fused-ring (bicyclic) bond motifs is 2. The monoisotopic (exact) mass is 511 g/mol. The molecule has 1 saturated heterocycles. The van der Waals surface area contributed by atoms with E-state index in [0.29, 0.717) is 53.9 Å². The molecule has 1 aromatic heterocycles. The molecule has 7 heteroatoms. The van der Waals surface area contributed by atoms with E-state index >= 15 is 0 Å². The second-order valence-corrected chi connectivity index (χ2v) is 13.2. The van der Waals surface area contributed by atoms with Crippen LogP contribution in [0.4, 0.5) is 0 Å². The molecule has 6 rings (SSSR count). The number of carbonyl (C=O) groups excluding carboxylic acids is 1. The van der Waals surface area contributed by atoms with E-state index in [1.54, 1.807) is 6.20 Å². The third-order valence-corrected chi connectivity index (χ3v) is 10.7. The summed E-state index contributed by atoms with van der Waals surface area (Å²) in [6.45, 7) is 8.99. The first kappa shape index (κ1) is 25.7. The van der Waals surface area contributed by atoms with Crippen molar-refractivity contribution in [2.75, 3.05) is 26.2 Å². The summed E-state index contributed by atoms with van der Waals surface area (Å²) in [4.78, 5) is 16.3. The van der Waals surface area contributed by atoms with Crippen LogP contribution in [-0.4, -0.2) is 65.0 Å². The van der Waals surface area contributed by atoms with Crippen molar-refractivity contribution in [3.05, 3.63) is 11.8 Å². The molecular weight excluding hydrogens is 462 g/mol. The Balaban J connectivity index is 1.17. The van der Waals surface area contributed by atoms with Crippen molar-refractivity contribution >= 4 is 5.91 Å². The Morgan fingerprint density at radius 1 is 1.00 bits per heavy atom. The molecule has 7 nitrogen and oxygen atoms in total. The number of amides is 1. The lowest BCUT2D eigenvalue weighted by atomic mass is 9.79. The van der Waals surface area contributed by atoms with Crippen LogP contribution in [0, 0.1) is 29.6 Å². The van der Waals surface area contributed by atoms with Crippen LogP contribution in [0.1, 0.15) is 94.8 Å². The third-order valence-electron chi connectivity index (χ3n) is 10.7. The third kappa shape index (κ3) is 5.45. The van der Waals surface area contributed by atoms with E-state index in [-0.39, 0.29) is 5.91 Å². The lowest BCUT2D eigenvalue weighted by Gasteiger charge is -2.39. The van der Waals surface area contributed by atoms with Crippen LogP contribution >= 0.6 is 0 Å². The smallest absolute Gasteiger partial charge is 0.258 e. The summed E-state index contributed by atoms with van der Waals surface area (Å²) in [5, 5.41) is 11.8. The van der Waals surface area contributed by atoms with Crippen molar-refractivity contribution < 1.29 is 9.53 Å². The van der Waals surface area contributed by atoms with Gasteiger partial charge in [0.15, 0.2) is 0 Å². The molecule has 1 aliphatic heterocycles. The van der Waals surface area contributed by atoms with Gasteiger partial charge in [-0.3, -0.25) is 9.69 Å². The summed E-state index contributed by atoms with van der Waals surface area (Å²) < 4.78 is 8.48. The fourth-order valence-corrected chi connectivity index (χ4v) is 8.78. The highest BCUT2D eigenvalue weighted by molar-refractivity contribution is 5.96. The fourth-order valence-electron chi connectivity index (χ4n) is 8.78. The van der Waals surface area contributed by atoms with Crippen molar-refractivity contribution in [3.8, 4) is 5.88 Å². The number of nitrogens with zero attached hydrogens (tertiary/aromatic N) is 3. The van der Waals surface area contributed by atoms with Crippen molar-refractivity contribution in [1.29, 1.82) is 0 Å². The predicted octanol–water partition coefficient (Wildman–Crippen LogP) is 4.47. The van der Waals surface area contributed by atoms with Crippen molar-refractivity contribution in [1.82, 2.24) is 25.3 Å². The molecule has 5 aliphatic rings. The fraction of sp³-hybridized carbons (Fsp3) is 0.867. The minimum Gasteiger partial charge on any atom is -0.477 e. The Kier molecular flexibility index (Phi) is 7.81. The van der Waals surface area contributed by atoms with Gasteiger partial charge in [-0.05, 0) is 82.0 Å². The van der Waals surface area contributed by atoms with Gasteiger partial charge in [0.1, 0.15) is 5.56 Å². The molecule has 37 heavy (non-hydrogen) atoms. The van der Waals surface area contributed by atoms with E-state index in [4.69, 9.17) is 9.84 Å². The van der Waals surface area contributed by atoms with Gasteiger partial charge in [-0.15, -0.1) is 0 Å². The van der Waals surface area contributed by atoms with Crippen LogP contribution in [0.2, 0.25) is 0 Å². The molecule has 0 spiro atoms. The number of rotatable bonds is 8. The maximum absolute atomic E-state index is 13.8. The Labute approximate surface area is 223 Å². The average molecular weight is 512 g/mol. The van der Waals surface area contributed by atoms with Crippen LogP contribution < -0.4 is 15.4 Å². The maximum atomic E-state index is 13.8. The molecule has 7 atom stereocenters. The second-order valence-electron chi connectivity index (χ2n) is 13.2. The molecule has 5 unspecified atom stereocenters. The Morgan fingerprint density at radius 2 is 1.78 bits per heavy atom. The van der Waals surface area contributed by atoms with Crippen LogP contribution in [0.5, 0.6) is 5.88 Å². The summed E-state index contributed by atoms with van der Waals surface area (Å²) in [6, 6.07) is 1.32. The largest absolute Gasteiger partial charge is 0.477 e. The zero-order valence-corrected chi connectivity index (χ0v) is 23.2. The first-order chi connectivity index (χ1) is 18.1. The van der Waals surface area contributed by atoms with Gasteiger partial charge in [0.2, 0.25) is 5.88 Å². The van der Waals surface area contributed by atoms with Gasteiger partial charge in [-0.25, -0.2) is 4.68 Å². The topological polar surface area (TPSA) is 71.4 Å². The van der Waals surface area contributed by atoms with Gasteiger partial charge in [-0.1, -0.05) is 32.1 Å². The average Bonchev–Trinajstić information content (AvgIpc) is 3.35. The van der Waals surface area contributed by atoms with Crippen molar-refractivity contribution in [3.63, 3.8) is 0 Å². The Morgan fingerprint density at radius 3 is 2.59 bits per heavy atom. The highest BCUT2D eigenvalue weighted by Gasteiger charge is 2.49. The highest BCUT2D eigenvalue weighted by atomic mass is 16.5. The molecule has 0 radical (unpaired) electrons. The van der Waals surface area contributed by atoms with Gasteiger partial charge in [0, 0.05) is 37.8 Å². The molecule has 1 amide bonds. The molecule has 0 aromatic carbocycles. The van der Waals surface area contributed by atoms with E-state index in [1.807, 2.05) is 4.68 Å². The minimum atomic E-state index is 0.0356. The van der Waals surface area contributed by atoms with Crippen LogP contribution in [-0.2, 0) is 6.54 Å². The van der Waals surface area contributed by atoms with Gasteiger partial charge >= 0.3 is 0 Å². The van der Waals surface area contributed by atoms with Crippen molar-refractivity contribution in [2.45, 2.75) is 109 Å². The summed E-state index contributed by atoms with van der Waals surface area (Å²) >= 11 is 0. The predicted molar refractivity (Wildman–Crippen MR) is 146 cm³/mol.